The highest BCUT2D eigenvalue weighted by Crippen LogP contribution is 2.44. The summed E-state index contributed by atoms with van der Waals surface area (Å²) in [6.07, 6.45) is 46.4. The highest BCUT2D eigenvalue weighted by molar-refractivity contribution is 6.31. The normalized spacial score (nSPS) is 13.1. The van der Waals surface area contributed by atoms with Crippen molar-refractivity contribution >= 4 is 110 Å². The van der Waals surface area contributed by atoms with Crippen LogP contribution in [0.2, 0.25) is 10.0 Å². The molecule has 0 spiro atoms. The molecular weight excluding hydrogens is 1870 g/mol. The lowest BCUT2D eigenvalue weighted by molar-refractivity contribution is -0.136. The monoisotopic (exact) mass is 1950 g/mol. The molecule has 139 heavy (non-hydrogen) atoms. The molecule has 40 nitrogen and oxygen atoms in total. The minimum atomic E-state index is -1.12. The zero-order valence-corrected chi connectivity index (χ0v) is 76.5. The fourth-order valence-electron chi connectivity index (χ4n) is 14.9. The first-order chi connectivity index (χ1) is 66.5. The number of carboxylic acids is 1. The lowest BCUT2D eigenvalue weighted by Crippen LogP contribution is -2.23. The quantitative estimate of drug-likeness (QED) is 0.0108. The molecule has 0 unspecified atom stereocenters. The fraction of sp³-hybridized carbons (Fsp3) is 0.290. The van der Waals surface area contributed by atoms with Gasteiger partial charge < -0.3 is 56.4 Å². The van der Waals surface area contributed by atoms with E-state index >= 15 is 0 Å². The van der Waals surface area contributed by atoms with Gasteiger partial charge in [-0.15, -0.1) is 45.7 Å². The number of terminal acetylenes is 1. The molecule has 46 heteroatoms. The first kappa shape index (κ1) is 98.4. The Bertz CT molecular complexity index is 7860. The number of nitrogens with zero attached hydrogens (tertiary/aromatic N) is 31. The average Bonchev–Trinajstić information content (AvgIpc) is 1.65. The van der Waals surface area contributed by atoms with Crippen molar-refractivity contribution in [1.82, 2.24) is 116 Å². The number of carboxylic acid groups (broad SMARTS) is 1. The SMILES string of the molecule is C.C#CC(=O)OCC.CCOC(=O)c1cn(Cc2cn3cc(C4CC4)cc(C#N)c3n2)nn1.Cl.N#Cc1cc(C2CC2)cn2cc(CCl)nc12.N#Cc1cc(C2CC2)cn2cc(CN=[N+]=[N-])nc12.N#Cc1cc(C2CC2)cn2cc(Cn3cc(C(=O)NCc4ncn5ccc(Cl)c(F)c45)nn3)nc12.N#Cc1cc(C2CC2)cn2cc(Cn3cc(C(=O)O)nn3)nc12.NCc1ncn2ccc(Cl)c(F)c12. The number of azide groups is 1. The number of fused-ring (bicyclic) bond motifs is 7. The van der Waals surface area contributed by atoms with Gasteiger partial charge in [-0.1, -0.05) is 51.4 Å². The van der Waals surface area contributed by atoms with Gasteiger partial charge in [-0.05, 0) is 183 Å². The van der Waals surface area contributed by atoms with Crippen LogP contribution in [0.4, 0.5) is 8.78 Å². The fourth-order valence-corrected chi connectivity index (χ4v) is 15.4. The van der Waals surface area contributed by atoms with E-state index in [0.29, 0.717) is 152 Å². The second kappa shape index (κ2) is 43.8. The topological polar surface area (TPSA) is 526 Å². The number of halogens is 6. The summed E-state index contributed by atoms with van der Waals surface area (Å²) >= 11 is 17.2. The van der Waals surface area contributed by atoms with Gasteiger partial charge in [-0.25, -0.2) is 72.1 Å². The number of imidazole rings is 7. The number of hydrogen-bond acceptors (Lipinski definition) is 26. The first-order valence-electron chi connectivity index (χ1n) is 43.0. The van der Waals surface area contributed by atoms with Gasteiger partial charge in [-0.2, -0.15) is 26.3 Å². The van der Waals surface area contributed by atoms with E-state index in [9.17, 15) is 43.7 Å². The molecule has 0 bridgehead atoms. The summed E-state index contributed by atoms with van der Waals surface area (Å²) in [6, 6.07) is 23.5. The Kier molecular flexibility index (Phi) is 31.0. The van der Waals surface area contributed by atoms with Crippen molar-refractivity contribution < 1.29 is 42.5 Å². The molecule has 17 heterocycles. The number of nitrogens with one attached hydrogen (secondary N) is 1. The van der Waals surface area contributed by atoms with Crippen LogP contribution < -0.4 is 11.1 Å². The number of carbonyl (C=O) groups excluding carboxylic acids is 3. The van der Waals surface area contributed by atoms with Gasteiger partial charge in [0, 0.05) is 91.7 Å². The maximum Gasteiger partial charge on any atom is 0.384 e. The summed E-state index contributed by atoms with van der Waals surface area (Å²) < 4.78 is 53.9. The molecule has 17 aromatic rings. The smallest absolute Gasteiger partial charge is 0.384 e. The number of amides is 1. The van der Waals surface area contributed by atoms with Crippen LogP contribution in [-0.4, -0.2) is 153 Å². The Hall–Kier alpha value is -16.6. The van der Waals surface area contributed by atoms with E-state index in [4.69, 9.17) is 66.4 Å². The van der Waals surface area contributed by atoms with E-state index in [1.807, 2.05) is 108 Å². The second-order valence-corrected chi connectivity index (χ2v) is 33.3. The van der Waals surface area contributed by atoms with Crippen molar-refractivity contribution in [2.24, 2.45) is 10.8 Å². The number of esters is 2. The van der Waals surface area contributed by atoms with Gasteiger partial charge in [0.2, 0.25) is 0 Å². The number of nitriles is 5. The number of rotatable bonds is 22. The number of aromatic nitrogens is 23. The summed E-state index contributed by atoms with van der Waals surface area (Å²) in [6.45, 7) is 5.42. The maximum atomic E-state index is 14.4. The summed E-state index contributed by atoms with van der Waals surface area (Å²) in [4.78, 5) is 78.0. The van der Waals surface area contributed by atoms with Crippen LogP contribution >= 0.6 is 47.2 Å². The predicted molar refractivity (Wildman–Crippen MR) is 501 cm³/mol. The van der Waals surface area contributed by atoms with E-state index in [1.54, 1.807) is 36.6 Å². The lowest BCUT2D eigenvalue weighted by atomic mass is 10.1. The molecule has 0 aliphatic heterocycles. The largest absolute Gasteiger partial charge is 0.476 e. The molecule has 0 aromatic carbocycles. The maximum absolute atomic E-state index is 14.4. The zero-order valence-electron chi connectivity index (χ0n) is 73.4. The third kappa shape index (κ3) is 23.3. The van der Waals surface area contributed by atoms with Gasteiger partial charge in [-0.3, -0.25) is 4.79 Å². The first-order valence-corrected chi connectivity index (χ1v) is 44.2. The van der Waals surface area contributed by atoms with Gasteiger partial charge in [0.1, 0.15) is 41.4 Å². The molecule has 5 aliphatic carbocycles. The van der Waals surface area contributed by atoms with Gasteiger partial charge >= 0.3 is 17.9 Å². The Morgan fingerprint density at radius 2 is 0.856 bits per heavy atom. The highest BCUT2D eigenvalue weighted by atomic mass is 35.5. The Balaban J connectivity index is 0.000000134. The summed E-state index contributed by atoms with van der Waals surface area (Å²) in [5, 5.41) is 84.7. The van der Waals surface area contributed by atoms with Crippen molar-refractivity contribution in [3.05, 3.63) is 293 Å². The average molecular weight is 1950 g/mol. The molecule has 17 aromatic heterocycles. The number of ether oxygens (including phenoxy) is 2. The van der Waals surface area contributed by atoms with E-state index < -0.39 is 35.4 Å². The minimum Gasteiger partial charge on any atom is -0.476 e. The van der Waals surface area contributed by atoms with Crippen LogP contribution in [0.15, 0.2) is 153 Å². The molecule has 4 N–H and O–H groups in total. The summed E-state index contributed by atoms with van der Waals surface area (Å²) in [5.74, 6) is 1.28. The van der Waals surface area contributed by atoms with Gasteiger partial charge in [0.05, 0.1) is 161 Å². The molecule has 0 atom stereocenters. The van der Waals surface area contributed by atoms with Gasteiger partial charge in [0.15, 0.2) is 57.0 Å². The van der Waals surface area contributed by atoms with E-state index in [0.717, 1.165) is 48.2 Å². The molecular formula is C93H83Cl4F2N33O7. The van der Waals surface area contributed by atoms with Crippen molar-refractivity contribution in [1.29, 1.82) is 26.3 Å². The van der Waals surface area contributed by atoms with Crippen LogP contribution in [0, 0.1) is 80.6 Å². The molecule has 704 valence electrons. The van der Waals surface area contributed by atoms with Crippen LogP contribution in [0.5, 0.6) is 0 Å². The zero-order chi connectivity index (χ0) is 96.2. The van der Waals surface area contributed by atoms with Crippen LogP contribution in [0.1, 0.15) is 242 Å². The van der Waals surface area contributed by atoms with Gasteiger partial charge in [0.25, 0.3) is 5.91 Å². The third-order valence-corrected chi connectivity index (χ3v) is 23.1. The number of hydrogen-bond donors (Lipinski definition) is 3. The molecule has 5 aliphatic rings. The third-order valence-electron chi connectivity index (χ3n) is 22.3. The lowest BCUT2D eigenvalue weighted by Gasteiger charge is -2.03. The molecule has 5 fully saturated rings. The van der Waals surface area contributed by atoms with Crippen molar-refractivity contribution in [3.63, 3.8) is 0 Å². The number of carbonyl (C=O) groups is 4. The number of alkyl halides is 1. The molecule has 0 saturated heterocycles. The van der Waals surface area contributed by atoms with E-state index in [1.165, 1.54) is 117 Å². The Morgan fingerprint density at radius 3 is 1.19 bits per heavy atom. The highest BCUT2D eigenvalue weighted by Gasteiger charge is 2.31. The molecule has 1 amide bonds. The van der Waals surface area contributed by atoms with Crippen LogP contribution in [0.25, 0.3) is 49.7 Å². The summed E-state index contributed by atoms with van der Waals surface area (Å²) in [7, 11) is 0. The predicted octanol–water partition coefficient (Wildman–Crippen LogP) is 15.0. The van der Waals surface area contributed by atoms with Crippen molar-refractivity contribution in [3.8, 4) is 42.7 Å². The van der Waals surface area contributed by atoms with Crippen LogP contribution in [-0.2, 0) is 59.4 Å². The molecule has 5 saturated carbocycles. The van der Waals surface area contributed by atoms with Crippen molar-refractivity contribution in [2.75, 3.05) is 13.2 Å². The number of aromatic carboxylic acids is 1. The number of nitrogens with two attached hydrogens (primary N) is 1. The van der Waals surface area contributed by atoms with E-state index in [2.05, 4.69) is 129 Å². The van der Waals surface area contributed by atoms with E-state index in [-0.39, 0.29) is 78.7 Å². The number of pyridine rings is 7. The minimum absolute atomic E-state index is 0. The van der Waals surface area contributed by atoms with Crippen LogP contribution in [0.3, 0.4) is 0 Å². The molecule has 0 radical (unpaired) electrons. The standard InChI is InChI=1S/C23H17ClFN9O.C17H16N6O2.C15H12N6O2.C12H10ClN3.C12H10N6.C8H7ClFN3.C5H6O2.CH4.ClH/c24-17-3-4-32-12-28-18(21(32)20(17)25)7-27-23(35)19-11-34(31-30-19)10-16-9-33-8-15(13-1-2-13)5-14(6-26)22(33)29-16;1-2-25-17(24)15-10-23(21-20-15)9-14-8-22-7-13(11-3-4-11)5-12(6-18)16(22)19-14;16-4-10-3-11(9-1-2-9)5-20-6-12(17-14(10)20)7-21-8-13(15(22)23)18-19-21;13-4-11-7-16-6-10(8-1-2-8)3-9(5-14)12(16)15-11;13-4-9-3-10(8-1-2-8)6-18-7-11(5-15-17-14)16-12(9)18;9-5-1-2-13-4-12-6(3-11)8(13)7(5)10;1-3-5(6)7-4-2;;/h3-5,8-9,11-13H,1-2,7,10H2,(H,27,35);5,7-8,10-11H,2-4,9H2,1H3;3,5-6,8-9H,1-2,7H2,(H,22,23);3,6-8H,1-2,4H2;3,6-8H,1-2,5H2;1-2,4H,3,11H2;1H,4H2,2H3;1H4;1H. The van der Waals surface area contributed by atoms with Crippen molar-refractivity contribution in [2.45, 2.75) is 160 Å². The summed E-state index contributed by atoms with van der Waals surface area (Å²) in [5.41, 5.74) is 30.8. The molecule has 22 rings (SSSR count). The Labute approximate surface area is 810 Å². The second-order valence-electron chi connectivity index (χ2n) is 32.2. The Morgan fingerprint density at radius 1 is 0.518 bits per heavy atom.